The Morgan fingerprint density at radius 1 is 0.769 bits per heavy atom. The van der Waals surface area contributed by atoms with Gasteiger partial charge in [0.05, 0.1) is 36.1 Å². The minimum Gasteiger partial charge on any atom is -0.496 e. The highest BCUT2D eigenvalue weighted by Crippen LogP contribution is 2.29. The van der Waals surface area contributed by atoms with Gasteiger partial charge in [-0.1, -0.05) is 42.5 Å². The van der Waals surface area contributed by atoms with Crippen LogP contribution in [0.25, 0.3) is 27.5 Å². The lowest BCUT2D eigenvalue weighted by molar-refractivity contribution is -0.538. The summed E-state index contributed by atoms with van der Waals surface area (Å²) in [6.45, 7) is 0.271. The van der Waals surface area contributed by atoms with E-state index in [1.165, 1.54) is 0 Å². The largest absolute Gasteiger partial charge is 0.496 e. The molecule has 0 aliphatic rings. The molecular weight excluding hydrogens is 496 g/mol. The highest BCUT2D eigenvalue weighted by atomic mass is 16.6. The maximum absolute atomic E-state index is 12.4. The molecule has 0 aliphatic carbocycles. The number of aromatic carboxylic acids is 1. The molecule has 8 nitrogen and oxygen atoms in total. The molecule has 1 aromatic heterocycles. The molecule has 0 spiro atoms. The Hall–Kier alpha value is -5.11. The summed E-state index contributed by atoms with van der Waals surface area (Å²) < 4.78 is 18.1. The Labute approximate surface area is 225 Å². The minimum atomic E-state index is -0.966. The first-order valence-electron chi connectivity index (χ1n) is 12.3. The van der Waals surface area contributed by atoms with Gasteiger partial charge < -0.3 is 24.6 Å². The van der Waals surface area contributed by atoms with Crippen molar-refractivity contribution in [3.63, 3.8) is 0 Å². The first kappa shape index (κ1) is 25.5. The highest BCUT2D eigenvalue weighted by molar-refractivity contribution is 6.12. The topological polar surface area (TPSA) is 98.0 Å². The molecule has 0 radical (unpaired) electrons. The summed E-state index contributed by atoms with van der Waals surface area (Å²) >= 11 is 0. The van der Waals surface area contributed by atoms with E-state index in [0.29, 0.717) is 27.8 Å². The van der Waals surface area contributed by atoms with Crippen LogP contribution in [0.3, 0.4) is 0 Å². The van der Waals surface area contributed by atoms with E-state index in [9.17, 15) is 14.7 Å². The van der Waals surface area contributed by atoms with E-state index in [-0.39, 0.29) is 18.7 Å². The third-order valence-corrected chi connectivity index (χ3v) is 6.55. The van der Waals surface area contributed by atoms with Gasteiger partial charge in [0.15, 0.2) is 0 Å². The van der Waals surface area contributed by atoms with Crippen molar-refractivity contribution in [3.05, 3.63) is 108 Å². The predicted octanol–water partition coefficient (Wildman–Crippen LogP) is 5.41. The normalized spacial score (nSPS) is 10.8. The molecule has 8 heteroatoms. The van der Waals surface area contributed by atoms with Crippen LogP contribution in [0.5, 0.6) is 11.5 Å². The van der Waals surface area contributed by atoms with Crippen molar-refractivity contribution in [2.75, 3.05) is 14.2 Å². The number of aromatic nitrogens is 1. The summed E-state index contributed by atoms with van der Waals surface area (Å²) in [5, 5.41) is 14.1. The highest BCUT2D eigenvalue weighted by Gasteiger charge is 2.25. The number of carboxylic acid groups (broad SMARTS) is 1. The van der Waals surface area contributed by atoms with Crippen LogP contribution in [-0.4, -0.2) is 31.4 Å². The van der Waals surface area contributed by atoms with Crippen molar-refractivity contribution in [1.82, 2.24) is 5.32 Å². The number of hydrogen-bond donors (Lipinski definition) is 2. The van der Waals surface area contributed by atoms with Gasteiger partial charge in [-0.15, -0.1) is 0 Å². The molecule has 4 aromatic carbocycles. The first-order valence-corrected chi connectivity index (χ1v) is 12.3. The predicted molar refractivity (Wildman–Crippen MR) is 147 cm³/mol. The summed E-state index contributed by atoms with van der Waals surface area (Å²) in [5.74, 6) is 0.186. The number of pyridine rings is 1. The molecule has 39 heavy (non-hydrogen) atoms. The number of rotatable bonds is 8. The van der Waals surface area contributed by atoms with E-state index >= 15 is 0 Å². The summed E-state index contributed by atoms with van der Waals surface area (Å²) in [4.78, 5) is 24.6. The van der Waals surface area contributed by atoms with Crippen LogP contribution < -0.4 is 19.4 Å². The second kappa shape index (κ2) is 11.1. The van der Waals surface area contributed by atoms with E-state index in [4.69, 9.17) is 14.2 Å². The van der Waals surface area contributed by atoms with Crippen molar-refractivity contribution < 1.29 is 33.5 Å². The Morgan fingerprint density at radius 2 is 1.33 bits per heavy atom. The third kappa shape index (κ3) is 5.04. The average molecular weight is 524 g/mol. The fourth-order valence-corrected chi connectivity index (χ4v) is 4.74. The molecular formula is C31H27N2O6+. The fourth-order valence-electron chi connectivity index (χ4n) is 4.74. The van der Waals surface area contributed by atoms with Gasteiger partial charge in [0.25, 0.3) is 0 Å². The van der Waals surface area contributed by atoms with Gasteiger partial charge in [-0.2, -0.15) is 4.57 Å². The molecule has 0 aliphatic heterocycles. The van der Waals surface area contributed by atoms with Crippen molar-refractivity contribution in [3.8, 4) is 17.2 Å². The van der Waals surface area contributed by atoms with Crippen LogP contribution in [0, 0.1) is 0 Å². The zero-order valence-electron chi connectivity index (χ0n) is 21.5. The van der Waals surface area contributed by atoms with Crippen LogP contribution in [0.4, 0.5) is 4.79 Å². The second-order valence-electron chi connectivity index (χ2n) is 8.79. The number of ether oxygens (including phenoxy) is 3. The van der Waals surface area contributed by atoms with Gasteiger partial charge in [0, 0.05) is 30.8 Å². The lowest BCUT2D eigenvalue weighted by Gasteiger charge is -2.13. The number of carbonyl (C=O) groups is 2. The third-order valence-electron chi connectivity index (χ3n) is 6.55. The average Bonchev–Trinajstić information content (AvgIpc) is 2.97. The number of fused-ring (bicyclic) bond motifs is 2. The quantitative estimate of drug-likeness (QED) is 0.208. The smallest absolute Gasteiger partial charge is 0.407 e. The van der Waals surface area contributed by atoms with E-state index in [0.717, 1.165) is 22.3 Å². The summed E-state index contributed by atoms with van der Waals surface area (Å²) in [5.41, 5.74) is 4.25. The summed E-state index contributed by atoms with van der Waals surface area (Å²) in [6.07, 6.45) is -0.567. The van der Waals surface area contributed by atoms with E-state index in [1.54, 1.807) is 32.4 Å². The molecule has 0 saturated heterocycles. The molecule has 0 bridgehead atoms. The van der Waals surface area contributed by atoms with Crippen molar-refractivity contribution >= 4 is 33.9 Å². The number of amides is 1. The van der Waals surface area contributed by atoms with Gasteiger partial charge in [0.2, 0.25) is 16.7 Å². The number of benzene rings is 4. The molecule has 5 rings (SSSR count). The van der Waals surface area contributed by atoms with E-state index in [1.807, 2.05) is 77.4 Å². The number of methoxy groups -OCH3 is 2. The zero-order valence-corrected chi connectivity index (χ0v) is 21.5. The lowest BCUT2D eigenvalue weighted by Crippen LogP contribution is -2.33. The molecule has 0 atom stereocenters. The van der Waals surface area contributed by atoms with E-state index < -0.39 is 12.1 Å². The second-order valence-corrected chi connectivity index (χ2v) is 8.79. The zero-order chi connectivity index (χ0) is 27.4. The van der Waals surface area contributed by atoms with Gasteiger partial charge >= 0.3 is 12.1 Å². The number of hydrogen-bond acceptors (Lipinski definition) is 5. The molecule has 0 unspecified atom stereocenters. The van der Waals surface area contributed by atoms with Gasteiger partial charge in [-0.05, 0) is 29.8 Å². The van der Waals surface area contributed by atoms with Gasteiger partial charge in [-0.25, -0.2) is 9.59 Å². The SMILES string of the molecule is COc1cccc(OC)c1COC(=O)NCc1ccc(-[n+]2c3ccccc3c(C(=O)O)c3ccccc32)cc1. The summed E-state index contributed by atoms with van der Waals surface area (Å²) in [6, 6.07) is 28.0. The van der Waals surface area contributed by atoms with Gasteiger partial charge in [0.1, 0.15) is 18.1 Å². The van der Waals surface area contributed by atoms with Crippen molar-refractivity contribution in [2.45, 2.75) is 13.2 Å². The number of carboxylic acids is 1. The maximum atomic E-state index is 12.4. The molecule has 0 fully saturated rings. The van der Waals surface area contributed by atoms with Crippen molar-refractivity contribution in [2.24, 2.45) is 0 Å². The molecule has 1 heterocycles. The number of nitrogens with zero attached hydrogens (tertiary/aromatic N) is 1. The Balaban J connectivity index is 1.36. The maximum Gasteiger partial charge on any atom is 0.407 e. The standard InChI is InChI=1S/C31H26N2O6/c1-37-27-12-7-13-28(38-2)24(27)19-39-31(36)32-18-20-14-16-21(17-15-20)33-25-10-5-3-8-22(25)29(30(34)35)23-9-4-6-11-26(23)33/h3-17H,18-19H2,1-2H3,(H-,32,34,35,36)/p+1. The number of alkyl carbamates (subject to hydrolysis) is 1. The monoisotopic (exact) mass is 523 g/mol. The number of para-hydroxylation sites is 2. The molecule has 0 saturated carbocycles. The van der Waals surface area contributed by atoms with Crippen LogP contribution in [0.15, 0.2) is 91.0 Å². The molecule has 2 N–H and O–H groups in total. The molecule has 5 aromatic rings. The van der Waals surface area contributed by atoms with Crippen LogP contribution in [-0.2, 0) is 17.9 Å². The van der Waals surface area contributed by atoms with Crippen molar-refractivity contribution in [1.29, 1.82) is 0 Å². The minimum absolute atomic E-state index is 0.00108. The summed E-state index contributed by atoms with van der Waals surface area (Å²) in [7, 11) is 3.10. The van der Waals surface area contributed by atoms with Crippen LogP contribution in [0.1, 0.15) is 21.5 Å². The number of carbonyl (C=O) groups excluding carboxylic acids is 1. The lowest BCUT2D eigenvalue weighted by atomic mass is 10.0. The fraction of sp³-hybridized carbons (Fsp3) is 0.129. The van der Waals surface area contributed by atoms with Gasteiger partial charge in [-0.3, -0.25) is 0 Å². The van der Waals surface area contributed by atoms with Crippen LogP contribution in [0.2, 0.25) is 0 Å². The molecule has 1 amide bonds. The number of nitrogens with one attached hydrogen (secondary N) is 1. The first-order chi connectivity index (χ1) is 19.0. The Bertz CT molecular complexity index is 1600. The molecule has 196 valence electrons. The Morgan fingerprint density at radius 3 is 1.87 bits per heavy atom. The van der Waals surface area contributed by atoms with Crippen LogP contribution >= 0.6 is 0 Å². The Kier molecular flexibility index (Phi) is 7.27. The van der Waals surface area contributed by atoms with E-state index in [2.05, 4.69) is 5.32 Å².